The summed E-state index contributed by atoms with van der Waals surface area (Å²) in [6.07, 6.45) is 5.60. The van der Waals surface area contributed by atoms with Crippen LogP contribution in [-0.4, -0.2) is 38.2 Å². The van der Waals surface area contributed by atoms with Crippen LogP contribution in [0.4, 0.5) is 0 Å². The van der Waals surface area contributed by atoms with Gasteiger partial charge in [-0.15, -0.1) is 10.2 Å². The molecule has 0 radical (unpaired) electrons. The summed E-state index contributed by atoms with van der Waals surface area (Å²) < 4.78 is 2.07. The van der Waals surface area contributed by atoms with Crippen molar-refractivity contribution >= 4 is 17.4 Å². The highest BCUT2D eigenvalue weighted by Crippen LogP contribution is 2.24. The number of nitrogens with zero attached hydrogens (tertiary/aromatic N) is 3. The van der Waals surface area contributed by atoms with Crippen molar-refractivity contribution in [2.45, 2.75) is 37.5 Å². The van der Waals surface area contributed by atoms with Crippen molar-refractivity contribution in [1.82, 2.24) is 19.9 Å². The maximum absolute atomic E-state index is 4.26. The molecular weight excluding hydrogens is 256 g/mol. The summed E-state index contributed by atoms with van der Waals surface area (Å²) in [6, 6.07) is 6.65. The van der Waals surface area contributed by atoms with Gasteiger partial charge in [-0.05, 0) is 30.7 Å². The number of aromatic nitrogens is 3. The average Bonchev–Trinajstić information content (AvgIpc) is 2.85. The maximum Gasteiger partial charge on any atom is 0.160 e. The predicted octanol–water partition coefficient (Wildman–Crippen LogP) is 2.15. The first-order valence-electron chi connectivity index (χ1n) is 6.98. The van der Waals surface area contributed by atoms with Crippen LogP contribution in [0.1, 0.15) is 25.6 Å². The third kappa shape index (κ3) is 2.92. The van der Waals surface area contributed by atoms with Crippen LogP contribution >= 0.6 is 11.8 Å². The monoisotopic (exact) mass is 276 g/mol. The summed E-state index contributed by atoms with van der Waals surface area (Å²) in [6.45, 7) is 3.30. The third-order valence-corrected chi connectivity index (χ3v) is 5.13. The van der Waals surface area contributed by atoms with E-state index in [4.69, 9.17) is 0 Å². The Morgan fingerprint density at radius 3 is 3.26 bits per heavy atom. The molecule has 0 saturated carbocycles. The SMILES string of the molecule is CC1SCCCC1NCCc1nnc2ccccn12. The number of thioether (sulfide) groups is 1. The fourth-order valence-electron chi connectivity index (χ4n) is 2.62. The highest BCUT2D eigenvalue weighted by Gasteiger charge is 2.20. The summed E-state index contributed by atoms with van der Waals surface area (Å²) >= 11 is 2.08. The van der Waals surface area contributed by atoms with E-state index in [0.29, 0.717) is 6.04 Å². The van der Waals surface area contributed by atoms with Gasteiger partial charge in [-0.2, -0.15) is 11.8 Å². The van der Waals surface area contributed by atoms with Gasteiger partial charge in [0.15, 0.2) is 5.65 Å². The molecular formula is C14H20N4S. The van der Waals surface area contributed by atoms with Gasteiger partial charge in [0.2, 0.25) is 0 Å². The van der Waals surface area contributed by atoms with Crippen molar-refractivity contribution < 1.29 is 0 Å². The molecule has 1 aliphatic rings. The molecule has 102 valence electrons. The highest BCUT2D eigenvalue weighted by molar-refractivity contribution is 7.99. The van der Waals surface area contributed by atoms with E-state index in [1.807, 2.05) is 24.4 Å². The second kappa shape index (κ2) is 5.92. The number of fused-ring (bicyclic) bond motifs is 1. The molecule has 19 heavy (non-hydrogen) atoms. The van der Waals surface area contributed by atoms with Gasteiger partial charge in [0.05, 0.1) is 0 Å². The topological polar surface area (TPSA) is 42.2 Å². The lowest BCUT2D eigenvalue weighted by Crippen LogP contribution is -2.40. The van der Waals surface area contributed by atoms with E-state index in [9.17, 15) is 0 Å². The van der Waals surface area contributed by atoms with Gasteiger partial charge in [0, 0.05) is 30.5 Å². The lowest BCUT2D eigenvalue weighted by Gasteiger charge is -2.29. The lowest BCUT2D eigenvalue weighted by atomic mass is 10.1. The van der Waals surface area contributed by atoms with Crippen molar-refractivity contribution in [3.63, 3.8) is 0 Å². The molecule has 2 aromatic heterocycles. The van der Waals surface area contributed by atoms with E-state index in [-0.39, 0.29) is 0 Å². The minimum atomic E-state index is 0.651. The molecule has 5 heteroatoms. The van der Waals surface area contributed by atoms with Gasteiger partial charge in [-0.25, -0.2) is 0 Å². The van der Waals surface area contributed by atoms with E-state index < -0.39 is 0 Å². The molecule has 0 aromatic carbocycles. The Morgan fingerprint density at radius 2 is 2.37 bits per heavy atom. The largest absolute Gasteiger partial charge is 0.312 e. The Hall–Kier alpha value is -1.07. The van der Waals surface area contributed by atoms with Crippen molar-refractivity contribution in [3.05, 3.63) is 30.2 Å². The molecule has 1 saturated heterocycles. The summed E-state index contributed by atoms with van der Waals surface area (Å²) in [5.74, 6) is 2.35. The van der Waals surface area contributed by atoms with E-state index in [1.165, 1.54) is 18.6 Å². The molecule has 1 aliphatic heterocycles. The van der Waals surface area contributed by atoms with Crippen molar-refractivity contribution in [2.75, 3.05) is 12.3 Å². The molecule has 0 amide bonds. The van der Waals surface area contributed by atoms with Crippen LogP contribution in [0.3, 0.4) is 0 Å². The number of hydrogen-bond donors (Lipinski definition) is 1. The standard InChI is InChI=1S/C14H20N4S/c1-11-12(5-4-10-19-11)15-8-7-14-17-16-13-6-2-3-9-18(13)14/h2-3,6,9,11-12,15H,4-5,7-8,10H2,1H3. The van der Waals surface area contributed by atoms with Gasteiger partial charge < -0.3 is 5.32 Å². The first-order chi connectivity index (χ1) is 9.34. The Labute approximate surface area is 118 Å². The highest BCUT2D eigenvalue weighted by atomic mass is 32.2. The molecule has 2 unspecified atom stereocenters. The van der Waals surface area contributed by atoms with E-state index in [0.717, 1.165) is 29.7 Å². The van der Waals surface area contributed by atoms with Crippen LogP contribution in [-0.2, 0) is 6.42 Å². The van der Waals surface area contributed by atoms with Crippen LogP contribution in [0, 0.1) is 0 Å². The lowest BCUT2D eigenvalue weighted by molar-refractivity contribution is 0.463. The van der Waals surface area contributed by atoms with Gasteiger partial charge in [-0.3, -0.25) is 4.40 Å². The number of nitrogens with one attached hydrogen (secondary N) is 1. The van der Waals surface area contributed by atoms with Gasteiger partial charge in [-0.1, -0.05) is 13.0 Å². The summed E-state index contributed by atoms with van der Waals surface area (Å²) in [4.78, 5) is 0. The van der Waals surface area contributed by atoms with Gasteiger partial charge in [0.25, 0.3) is 0 Å². The van der Waals surface area contributed by atoms with Crippen molar-refractivity contribution in [3.8, 4) is 0 Å². The molecule has 0 spiro atoms. The second-order valence-corrected chi connectivity index (χ2v) is 6.56. The fraction of sp³-hybridized carbons (Fsp3) is 0.571. The van der Waals surface area contributed by atoms with E-state index >= 15 is 0 Å². The predicted molar refractivity (Wildman–Crippen MR) is 79.6 cm³/mol. The van der Waals surface area contributed by atoms with Crippen LogP contribution in [0.2, 0.25) is 0 Å². The molecule has 4 nitrogen and oxygen atoms in total. The first-order valence-corrected chi connectivity index (χ1v) is 8.03. The number of hydrogen-bond acceptors (Lipinski definition) is 4. The molecule has 1 N–H and O–H groups in total. The maximum atomic E-state index is 4.26. The summed E-state index contributed by atoms with van der Waals surface area (Å²) in [7, 11) is 0. The summed E-state index contributed by atoms with van der Waals surface area (Å²) in [5, 5.41) is 12.8. The van der Waals surface area contributed by atoms with Crippen LogP contribution in [0.15, 0.2) is 24.4 Å². The minimum Gasteiger partial charge on any atom is -0.312 e. The van der Waals surface area contributed by atoms with Gasteiger partial charge in [0.1, 0.15) is 5.82 Å². The zero-order valence-electron chi connectivity index (χ0n) is 11.2. The smallest absolute Gasteiger partial charge is 0.160 e. The number of rotatable bonds is 4. The second-order valence-electron chi connectivity index (χ2n) is 5.07. The Bertz CT molecular complexity index is 539. The van der Waals surface area contributed by atoms with Crippen LogP contribution in [0.25, 0.3) is 5.65 Å². The molecule has 1 fully saturated rings. The molecule has 2 aromatic rings. The normalized spacial score (nSPS) is 23.8. The van der Waals surface area contributed by atoms with E-state index in [2.05, 4.69) is 38.6 Å². The third-order valence-electron chi connectivity index (χ3n) is 3.75. The zero-order valence-corrected chi connectivity index (χ0v) is 12.1. The van der Waals surface area contributed by atoms with Crippen LogP contribution < -0.4 is 5.32 Å². The van der Waals surface area contributed by atoms with E-state index in [1.54, 1.807) is 0 Å². The van der Waals surface area contributed by atoms with Crippen molar-refractivity contribution in [1.29, 1.82) is 0 Å². The molecule has 0 aliphatic carbocycles. The van der Waals surface area contributed by atoms with Gasteiger partial charge >= 0.3 is 0 Å². The van der Waals surface area contributed by atoms with Crippen LogP contribution in [0.5, 0.6) is 0 Å². The average molecular weight is 276 g/mol. The quantitative estimate of drug-likeness (QED) is 0.929. The Morgan fingerprint density at radius 1 is 1.42 bits per heavy atom. The summed E-state index contributed by atoms with van der Waals surface area (Å²) in [5.41, 5.74) is 0.930. The van der Waals surface area contributed by atoms with Crippen molar-refractivity contribution in [2.24, 2.45) is 0 Å². The minimum absolute atomic E-state index is 0.651. The molecule has 0 bridgehead atoms. The molecule has 3 rings (SSSR count). The molecule has 2 atom stereocenters. The Kier molecular flexibility index (Phi) is 4.03. The Balaban J connectivity index is 1.57. The molecule has 3 heterocycles. The first kappa shape index (κ1) is 12.9. The zero-order chi connectivity index (χ0) is 13.1. The fourth-order valence-corrected chi connectivity index (χ4v) is 3.79. The number of pyridine rings is 1.